The number of aromatic nitrogens is 1. The van der Waals surface area contributed by atoms with Crippen molar-refractivity contribution in [2.45, 2.75) is 25.4 Å². The minimum atomic E-state index is 0.649. The standard InChI is InChI=1S/C15H15BrN2/c16-14-7-4-10-17-15(14)18(13-8-9-13)11-12-5-2-1-3-6-12/h1-7,10,13H,8-9,11H2. The Morgan fingerprint density at radius 2 is 1.89 bits per heavy atom. The molecule has 3 rings (SSSR count). The first-order chi connectivity index (χ1) is 8.84. The molecule has 1 heterocycles. The first kappa shape index (κ1) is 11.7. The van der Waals surface area contributed by atoms with Gasteiger partial charge in [-0.1, -0.05) is 30.3 Å². The van der Waals surface area contributed by atoms with Crippen LogP contribution in [-0.4, -0.2) is 11.0 Å². The van der Waals surface area contributed by atoms with E-state index in [1.54, 1.807) is 0 Å². The highest BCUT2D eigenvalue weighted by molar-refractivity contribution is 9.10. The molecule has 1 saturated carbocycles. The van der Waals surface area contributed by atoms with Crippen molar-refractivity contribution in [3.05, 3.63) is 58.7 Å². The molecule has 1 aliphatic rings. The Labute approximate surface area is 116 Å². The fourth-order valence-electron chi connectivity index (χ4n) is 2.13. The van der Waals surface area contributed by atoms with Crippen LogP contribution < -0.4 is 4.90 Å². The number of anilines is 1. The third-order valence-electron chi connectivity index (χ3n) is 3.19. The van der Waals surface area contributed by atoms with Crippen LogP contribution in [0.2, 0.25) is 0 Å². The highest BCUT2D eigenvalue weighted by Crippen LogP contribution is 2.35. The van der Waals surface area contributed by atoms with Gasteiger partial charge in [-0.25, -0.2) is 4.98 Å². The zero-order valence-corrected chi connectivity index (χ0v) is 11.7. The van der Waals surface area contributed by atoms with E-state index in [1.807, 2.05) is 12.3 Å². The number of hydrogen-bond acceptors (Lipinski definition) is 2. The number of hydrogen-bond donors (Lipinski definition) is 0. The Hall–Kier alpha value is -1.35. The Bertz CT molecular complexity index is 523. The summed E-state index contributed by atoms with van der Waals surface area (Å²) >= 11 is 3.60. The molecule has 0 bridgehead atoms. The van der Waals surface area contributed by atoms with Gasteiger partial charge in [0.25, 0.3) is 0 Å². The third kappa shape index (κ3) is 2.56. The van der Waals surface area contributed by atoms with Crippen molar-refractivity contribution < 1.29 is 0 Å². The topological polar surface area (TPSA) is 16.1 Å². The summed E-state index contributed by atoms with van der Waals surface area (Å²) in [4.78, 5) is 6.92. The van der Waals surface area contributed by atoms with E-state index in [4.69, 9.17) is 0 Å². The summed E-state index contributed by atoms with van der Waals surface area (Å²) in [5, 5.41) is 0. The van der Waals surface area contributed by atoms with Crippen LogP contribution >= 0.6 is 15.9 Å². The molecule has 0 N–H and O–H groups in total. The van der Waals surface area contributed by atoms with E-state index in [0.29, 0.717) is 6.04 Å². The number of pyridine rings is 1. The Morgan fingerprint density at radius 3 is 2.56 bits per heavy atom. The predicted octanol–water partition coefficient (Wildman–Crippen LogP) is 4.01. The second kappa shape index (κ2) is 5.11. The van der Waals surface area contributed by atoms with Crippen LogP contribution in [0, 0.1) is 0 Å². The molecule has 3 heteroatoms. The maximum Gasteiger partial charge on any atom is 0.143 e. The normalized spacial score (nSPS) is 14.5. The molecule has 0 radical (unpaired) electrons. The molecular formula is C15H15BrN2. The average molecular weight is 303 g/mol. The van der Waals surface area contributed by atoms with Gasteiger partial charge in [0.1, 0.15) is 5.82 Å². The summed E-state index contributed by atoms with van der Waals surface area (Å²) in [5.41, 5.74) is 1.34. The zero-order valence-electron chi connectivity index (χ0n) is 10.1. The lowest BCUT2D eigenvalue weighted by Crippen LogP contribution is -2.26. The van der Waals surface area contributed by atoms with Gasteiger partial charge in [0.15, 0.2) is 0 Å². The fourth-order valence-corrected chi connectivity index (χ4v) is 2.61. The molecule has 0 aliphatic heterocycles. The van der Waals surface area contributed by atoms with Crippen LogP contribution in [0.5, 0.6) is 0 Å². The van der Waals surface area contributed by atoms with E-state index in [9.17, 15) is 0 Å². The summed E-state index contributed by atoms with van der Waals surface area (Å²) in [5.74, 6) is 1.06. The molecule has 0 spiro atoms. The zero-order chi connectivity index (χ0) is 12.4. The minimum absolute atomic E-state index is 0.649. The smallest absolute Gasteiger partial charge is 0.143 e. The number of rotatable bonds is 4. The SMILES string of the molecule is Brc1cccnc1N(Cc1ccccc1)C1CC1. The second-order valence-corrected chi connectivity index (χ2v) is 5.51. The maximum absolute atomic E-state index is 4.52. The van der Waals surface area contributed by atoms with Crippen molar-refractivity contribution in [3.63, 3.8) is 0 Å². The van der Waals surface area contributed by atoms with Crippen LogP contribution in [0.4, 0.5) is 5.82 Å². The largest absolute Gasteiger partial charge is 0.348 e. The van der Waals surface area contributed by atoms with Crippen LogP contribution in [-0.2, 0) is 6.54 Å². The molecule has 1 aromatic carbocycles. The molecule has 0 atom stereocenters. The Kier molecular flexibility index (Phi) is 3.33. The van der Waals surface area contributed by atoms with E-state index in [0.717, 1.165) is 16.8 Å². The van der Waals surface area contributed by atoms with Gasteiger partial charge in [-0.05, 0) is 46.5 Å². The van der Waals surface area contributed by atoms with Crippen molar-refractivity contribution >= 4 is 21.7 Å². The molecule has 0 amide bonds. The van der Waals surface area contributed by atoms with Gasteiger partial charge in [0, 0.05) is 18.8 Å². The highest BCUT2D eigenvalue weighted by atomic mass is 79.9. The van der Waals surface area contributed by atoms with E-state index in [1.165, 1.54) is 18.4 Å². The molecule has 18 heavy (non-hydrogen) atoms. The molecular weight excluding hydrogens is 288 g/mol. The summed E-state index contributed by atoms with van der Waals surface area (Å²) in [6, 6.07) is 15.3. The first-order valence-corrected chi connectivity index (χ1v) is 7.05. The van der Waals surface area contributed by atoms with Crippen LogP contribution in [0.3, 0.4) is 0 Å². The van der Waals surface area contributed by atoms with E-state index in [-0.39, 0.29) is 0 Å². The summed E-state index contributed by atoms with van der Waals surface area (Å²) in [6.07, 6.45) is 4.41. The van der Waals surface area contributed by atoms with E-state index >= 15 is 0 Å². The molecule has 92 valence electrons. The molecule has 1 aliphatic carbocycles. The molecule has 1 aromatic heterocycles. The number of benzene rings is 1. The second-order valence-electron chi connectivity index (χ2n) is 4.65. The van der Waals surface area contributed by atoms with Crippen molar-refractivity contribution in [3.8, 4) is 0 Å². The molecule has 1 fully saturated rings. The lowest BCUT2D eigenvalue weighted by atomic mass is 10.2. The van der Waals surface area contributed by atoms with Gasteiger partial charge in [-0.2, -0.15) is 0 Å². The van der Waals surface area contributed by atoms with Crippen molar-refractivity contribution in [2.75, 3.05) is 4.90 Å². The maximum atomic E-state index is 4.52. The lowest BCUT2D eigenvalue weighted by molar-refractivity contribution is 0.776. The molecule has 2 aromatic rings. The van der Waals surface area contributed by atoms with E-state index in [2.05, 4.69) is 62.2 Å². The van der Waals surface area contributed by atoms with Crippen molar-refractivity contribution in [2.24, 2.45) is 0 Å². The van der Waals surface area contributed by atoms with Gasteiger partial charge < -0.3 is 4.90 Å². The van der Waals surface area contributed by atoms with Gasteiger partial charge >= 0.3 is 0 Å². The number of halogens is 1. The van der Waals surface area contributed by atoms with Crippen molar-refractivity contribution in [1.29, 1.82) is 0 Å². The Balaban J connectivity index is 1.87. The van der Waals surface area contributed by atoms with Crippen LogP contribution in [0.15, 0.2) is 53.1 Å². The lowest BCUT2D eigenvalue weighted by Gasteiger charge is -2.24. The summed E-state index contributed by atoms with van der Waals surface area (Å²) in [7, 11) is 0. The van der Waals surface area contributed by atoms with Gasteiger partial charge in [0.2, 0.25) is 0 Å². The monoisotopic (exact) mass is 302 g/mol. The van der Waals surface area contributed by atoms with Gasteiger partial charge in [0.05, 0.1) is 4.47 Å². The Morgan fingerprint density at radius 1 is 1.11 bits per heavy atom. The summed E-state index contributed by atoms with van der Waals surface area (Å²) < 4.78 is 1.08. The summed E-state index contributed by atoms with van der Waals surface area (Å²) in [6.45, 7) is 0.932. The molecule has 0 unspecified atom stereocenters. The molecule has 2 nitrogen and oxygen atoms in total. The van der Waals surface area contributed by atoms with Crippen molar-refractivity contribution in [1.82, 2.24) is 4.98 Å². The average Bonchev–Trinajstić information content (AvgIpc) is 3.23. The van der Waals surface area contributed by atoms with Crippen LogP contribution in [0.25, 0.3) is 0 Å². The fraction of sp³-hybridized carbons (Fsp3) is 0.267. The van der Waals surface area contributed by atoms with Gasteiger partial charge in [-0.3, -0.25) is 0 Å². The quantitative estimate of drug-likeness (QED) is 0.848. The van der Waals surface area contributed by atoms with Crippen LogP contribution in [0.1, 0.15) is 18.4 Å². The first-order valence-electron chi connectivity index (χ1n) is 6.25. The van der Waals surface area contributed by atoms with Gasteiger partial charge in [-0.15, -0.1) is 0 Å². The number of nitrogens with zero attached hydrogens (tertiary/aromatic N) is 2. The third-order valence-corrected chi connectivity index (χ3v) is 3.81. The minimum Gasteiger partial charge on any atom is -0.348 e. The predicted molar refractivity (Wildman–Crippen MR) is 77.6 cm³/mol. The molecule has 0 saturated heterocycles. The highest BCUT2D eigenvalue weighted by Gasteiger charge is 2.30. The van der Waals surface area contributed by atoms with E-state index < -0.39 is 0 Å².